The van der Waals surface area contributed by atoms with E-state index in [0.717, 1.165) is 28.9 Å². The van der Waals surface area contributed by atoms with Gasteiger partial charge < -0.3 is 4.90 Å². The first-order chi connectivity index (χ1) is 7.65. The highest BCUT2D eigenvalue weighted by molar-refractivity contribution is 7.09. The molecule has 2 heterocycles. The predicted molar refractivity (Wildman–Crippen MR) is 65.7 cm³/mol. The van der Waals surface area contributed by atoms with Gasteiger partial charge in [0, 0.05) is 30.0 Å². The second-order valence-corrected chi connectivity index (χ2v) is 4.71. The SMILES string of the molecule is Cc1cc(C)nc(N(C)Cc2nccs2)n1. The minimum absolute atomic E-state index is 0.751. The van der Waals surface area contributed by atoms with Crippen molar-refractivity contribution in [3.63, 3.8) is 0 Å². The molecule has 2 rings (SSSR count). The highest BCUT2D eigenvalue weighted by Gasteiger charge is 2.07. The number of hydrogen-bond acceptors (Lipinski definition) is 5. The fourth-order valence-corrected chi connectivity index (χ4v) is 2.15. The maximum Gasteiger partial charge on any atom is 0.225 e. The summed E-state index contributed by atoms with van der Waals surface area (Å²) >= 11 is 1.65. The first-order valence-electron chi connectivity index (χ1n) is 5.07. The Hall–Kier alpha value is -1.49. The molecule has 4 nitrogen and oxygen atoms in total. The molecule has 0 spiro atoms. The van der Waals surface area contributed by atoms with E-state index in [4.69, 9.17) is 0 Å². The second-order valence-electron chi connectivity index (χ2n) is 3.73. The lowest BCUT2D eigenvalue weighted by molar-refractivity contribution is 0.845. The van der Waals surface area contributed by atoms with Crippen LogP contribution in [0.2, 0.25) is 0 Å². The molecule has 0 bridgehead atoms. The Labute approximate surface area is 99.0 Å². The quantitative estimate of drug-likeness (QED) is 0.816. The highest BCUT2D eigenvalue weighted by atomic mass is 32.1. The monoisotopic (exact) mass is 234 g/mol. The highest BCUT2D eigenvalue weighted by Crippen LogP contribution is 2.13. The van der Waals surface area contributed by atoms with Crippen LogP contribution in [-0.2, 0) is 6.54 Å². The lowest BCUT2D eigenvalue weighted by Crippen LogP contribution is -2.19. The Morgan fingerprint density at radius 1 is 1.25 bits per heavy atom. The number of aryl methyl sites for hydroxylation is 2. The summed E-state index contributed by atoms with van der Waals surface area (Å²) in [6, 6.07) is 1.97. The molecular weight excluding hydrogens is 220 g/mol. The largest absolute Gasteiger partial charge is 0.337 e. The summed E-state index contributed by atoms with van der Waals surface area (Å²) < 4.78 is 0. The van der Waals surface area contributed by atoms with Crippen molar-refractivity contribution >= 4 is 17.3 Å². The van der Waals surface area contributed by atoms with Crippen LogP contribution in [0.5, 0.6) is 0 Å². The Morgan fingerprint density at radius 2 is 1.94 bits per heavy atom. The molecule has 0 radical (unpaired) electrons. The van der Waals surface area contributed by atoms with Crippen molar-refractivity contribution in [3.05, 3.63) is 34.0 Å². The molecule has 16 heavy (non-hydrogen) atoms. The Balaban J connectivity index is 2.17. The first kappa shape index (κ1) is 11.0. The zero-order valence-corrected chi connectivity index (χ0v) is 10.5. The van der Waals surface area contributed by atoms with Crippen molar-refractivity contribution in [2.45, 2.75) is 20.4 Å². The molecule has 0 aliphatic carbocycles. The van der Waals surface area contributed by atoms with E-state index in [9.17, 15) is 0 Å². The molecule has 0 N–H and O–H groups in total. The topological polar surface area (TPSA) is 41.9 Å². The van der Waals surface area contributed by atoms with Gasteiger partial charge >= 0.3 is 0 Å². The van der Waals surface area contributed by atoms with Crippen molar-refractivity contribution < 1.29 is 0 Å². The maximum atomic E-state index is 4.41. The average Bonchev–Trinajstić information content (AvgIpc) is 2.68. The van der Waals surface area contributed by atoms with E-state index in [-0.39, 0.29) is 0 Å². The van der Waals surface area contributed by atoms with Gasteiger partial charge in [0.15, 0.2) is 0 Å². The molecule has 2 aromatic heterocycles. The van der Waals surface area contributed by atoms with Gasteiger partial charge in [0.25, 0.3) is 0 Å². The number of rotatable bonds is 3. The van der Waals surface area contributed by atoms with E-state index in [1.807, 2.05) is 43.4 Å². The summed E-state index contributed by atoms with van der Waals surface area (Å²) in [5.41, 5.74) is 1.99. The fourth-order valence-electron chi connectivity index (χ4n) is 1.48. The van der Waals surface area contributed by atoms with Gasteiger partial charge in [0.05, 0.1) is 6.54 Å². The number of hydrogen-bond donors (Lipinski definition) is 0. The van der Waals surface area contributed by atoms with Crippen molar-refractivity contribution in [3.8, 4) is 0 Å². The summed E-state index contributed by atoms with van der Waals surface area (Å²) in [6.45, 7) is 4.71. The van der Waals surface area contributed by atoms with Gasteiger partial charge in [-0.05, 0) is 19.9 Å². The summed E-state index contributed by atoms with van der Waals surface area (Å²) in [5.74, 6) is 0.757. The van der Waals surface area contributed by atoms with Crippen LogP contribution >= 0.6 is 11.3 Å². The summed E-state index contributed by atoms with van der Waals surface area (Å²) in [4.78, 5) is 15.1. The van der Waals surface area contributed by atoms with Crippen molar-refractivity contribution in [2.24, 2.45) is 0 Å². The van der Waals surface area contributed by atoms with Crippen LogP contribution in [0.25, 0.3) is 0 Å². The lowest BCUT2D eigenvalue weighted by Gasteiger charge is -2.16. The molecule has 5 heteroatoms. The lowest BCUT2D eigenvalue weighted by atomic mass is 10.3. The van der Waals surface area contributed by atoms with E-state index >= 15 is 0 Å². The van der Waals surface area contributed by atoms with Crippen LogP contribution in [0.1, 0.15) is 16.4 Å². The summed E-state index contributed by atoms with van der Waals surface area (Å²) in [5, 5.41) is 3.05. The zero-order valence-electron chi connectivity index (χ0n) is 9.64. The molecule has 0 aromatic carbocycles. The van der Waals surface area contributed by atoms with Crippen LogP contribution in [-0.4, -0.2) is 22.0 Å². The van der Waals surface area contributed by atoms with Gasteiger partial charge in [0.2, 0.25) is 5.95 Å². The number of thiazole rings is 1. The molecule has 0 aliphatic heterocycles. The van der Waals surface area contributed by atoms with Crippen LogP contribution in [0.15, 0.2) is 17.6 Å². The average molecular weight is 234 g/mol. The van der Waals surface area contributed by atoms with E-state index in [1.165, 1.54) is 0 Å². The third-order valence-corrected chi connectivity index (χ3v) is 2.93. The van der Waals surface area contributed by atoms with Crippen molar-refractivity contribution in [1.29, 1.82) is 0 Å². The molecular formula is C11H14N4S. The molecule has 0 saturated heterocycles. The molecule has 2 aromatic rings. The molecule has 0 unspecified atom stereocenters. The Kier molecular flexibility index (Phi) is 3.14. The van der Waals surface area contributed by atoms with E-state index in [0.29, 0.717) is 0 Å². The molecule has 0 amide bonds. The fraction of sp³-hybridized carbons (Fsp3) is 0.364. The molecule has 0 fully saturated rings. The van der Waals surface area contributed by atoms with Crippen molar-refractivity contribution in [1.82, 2.24) is 15.0 Å². The minimum atomic E-state index is 0.751. The van der Waals surface area contributed by atoms with E-state index in [1.54, 1.807) is 11.3 Å². The van der Waals surface area contributed by atoms with Gasteiger partial charge in [-0.3, -0.25) is 0 Å². The number of aromatic nitrogens is 3. The number of anilines is 1. The maximum absolute atomic E-state index is 4.41. The van der Waals surface area contributed by atoms with Gasteiger partial charge in [-0.25, -0.2) is 15.0 Å². The smallest absolute Gasteiger partial charge is 0.225 e. The third kappa shape index (κ3) is 2.55. The van der Waals surface area contributed by atoms with Gasteiger partial charge in [-0.1, -0.05) is 0 Å². The van der Waals surface area contributed by atoms with Crippen LogP contribution in [0.3, 0.4) is 0 Å². The van der Waals surface area contributed by atoms with Crippen LogP contribution < -0.4 is 4.90 Å². The van der Waals surface area contributed by atoms with E-state index < -0.39 is 0 Å². The Morgan fingerprint density at radius 3 is 2.50 bits per heavy atom. The van der Waals surface area contributed by atoms with Gasteiger partial charge in [-0.15, -0.1) is 11.3 Å². The normalized spacial score (nSPS) is 10.4. The first-order valence-corrected chi connectivity index (χ1v) is 5.95. The standard InChI is InChI=1S/C11H14N4S/c1-8-6-9(2)14-11(13-8)15(3)7-10-12-4-5-16-10/h4-6H,7H2,1-3H3. The van der Waals surface area contributed by atoms with Gasteiger partial charge in [-0.2, -0.15) is 0 Å². The third-order valence-electron chi connectivity index (χ3n) is 2.17. The summed E-state index contributed by atoms with van der Waals surface area (Å²) in [7, 11) is 1.98. The zero-order chi connectivity index (χ0) is 11.5. The predicted octanol–water partition coefficient (Wildman–Crippen LogP) is 2.19. The molecule has 0 saturated carbocycles. The Bertz CT molecular complexity index is 447. The number of nitrogens with zero attached hydrogens (tertiary/aromatic N) is 4. The second kappa shape index (κ2) is 4.57. The van der Waals surface area contributed by atoms with Crippen molar-refractivity contribution in [2.75, 3.05) is 11.9 Å². The molecule has 0 atom stereocenters. The van der Waals surface area contributed by atoms with E-state index in [2.05, 4.69) is 15.0 Å². The van der Waals surface area contributed by atoms with Crippen LogP contribution in [0.4, 0.5) is 5.95 Å². The molecule has 84 valence electrons. The minimum Gasteiger partial charge on any atom is -0.337 e. The molecule has 0 aliphatic rings. The van der Waals surface area contributed by atoms with Crippen LogP contribution in [0, 0.1) is 13.8 Å². The van der Waals surface area contributed by atoms with Gasteiger partial charge in [0.1, 0.15) is 5.01 Å². The summed E-state index contributed by atoms with van der Waals surface area (Å²) in [6.07, 6.45) is 1.82.